The highest BCUT2D eigenvalue weighted by Crippen LogP contribution is 2.33. The predicted octanol–water partition coefficient (Wildman–Crippen LogP) is 5.28. The summed E-state index contributed by atoms with van der Waals surface area (Å²) in [5.41, 5.74) is 0.840. The number of carbonyl (C=O) groups is 2. The number of nitrogens with zero attached hydrogens (tertiary/aromatic N) is 2. The van der Waals surface area contributed by atoms with Gasteiger partial charge in [0.1, 0.15) is 18.3 Å². The first-order chi connectivity index (χ1) is 21.0. The average molecular weight is 646 g/mol. The molecule has 3 aromatic carbocycles. The lowest BCUT2D eigenvalue weighted by atomic mass is 10.1. The zero-order valence-electron chi connectivity index (χ0n) is 25.9. The minimum absolute atomic E-state index is 0.0128. The molecule has 0 bridgehead atoms. The molecule has 2 amide bonds. The van der Waals surface area contributed by atoms with Crippen molar-refractivity contribution in [3.05, 3.63) is 77.3 Å². The third kappa shape index (κ3) is 8.35. The van der Waals surface area contributed by atoms with Crippen LogP contribution in [0.3, 0.4) is 0 Å². The maximum atomic E-state index is 14.2. The van der Waals surface area contributed by atoms with Crippen molar-refractivity contribution in [2.75, 3.05) is 31.7 Å². The van der Waals surface area contributed by atoms with E-state index in [1.807, 2.05) is 20.8 Å². The van der Waals surface area contributed by atoms with Crippen molar-refractivity contribution < 1.29 is 32.2 Å². The number of carbonyl (C=O) groups excluding carboxylic acids is 2. The summed E-state index contributed by atoms with van der Waals surface area (Å²) in [6.07, 6.45) is 0.700. The van der Waals surface area contributed by atoms with Gasteiger partial charge in [0.15, 0.2) is 11.5 Å². The van der Waals surface area contributed by atoms with Gasteiger partial charge in [-0.2, -0.15) is 0 Å². The van der Waals surface area contributed by atoms with Crippen molar-refractivity contribution in [1.82, 2.24) is 10.2 Å². The van der Waals surface area contributed by atoms with Gasteiger partial charge in [0.25, 0.3) is 10.0 Å². The number of hydrogen-bond acceptors (Lipinski definition) is 7. The minimum Gasteiger partial charge on any atom is -0.494 e. The zero-order chi connectivity index (χ0) is 32.4. The van der Waals surface area contributed by atoms with Gasteiger partial charge >= 0.3 is 0 Å². The van der Waals surface area contributed by atoms with Gasteiger partial charge in [0.2, 0.25) is 11.8 Å². The molecule has 10 nitrogen and oxygen atoms in total. The zero-order valence-corrected chi connectivity index (χ0v) is 27.4. The molecule has 0 radical (unpaired) electrons. The summed E-state index contributed by atoms with van der Waals surface area (Å²) in [4.78, 5) is 28.6. The summed E-state index contributed by atoms with van der Waals surface area (Å²) in [5.74, 6) is 0.135. The molecule has 44 heavy (non-hydrogen) atoms. The number of nitrogens with one attached hydrogen (secondary N) is 1. The molecule has 0 saturated carbocycles. The van der Waals surface area contributed by atoms with Crippen molar-refractivity contribution in [2.24, 2.45) is 0 Å². The molecular weight excluding hydrogens is 606 g/mol. The lowest BCUT2D eigenvalue weighted by molar-refractivity contribution is -0.139. The van der Waals surface area contributed by atoms with Crippen LogP contribution in [0.2, 0.25) is 5.02 Å². The Morgan fingerprint density at radius 3 is 2.18 bits per heavy atom. The molecule has 0 heterocycles. The monoisotopic (exact) mass is 645 g/mol. The van der Waals surface area contributed by atoms with E-state index in [1.54, 1.807) is 55.5 Å². The Kier molecular flexibility index (Phi) is 12.3. The number of ether oxygens (including phenoxy) is 3. The van der Waals surface area contributed by atoms with Crippen molar-refractivity contribution in [2.45, 2.75) is 57.6 Å². The largest absolute Gasteiger partial charge is 0.494 e. The molecule has 0 aromatic heterocycles. The minimum atomic E-state index is -4.33. The summed E-state index contributed by atoms with van der Waals surface area (Å²) in [7, 11) is -1.48. The van der Waals surface area contributed by atoms with Crippen LogP contribution in [0, 0.1) is 0 Å². The topological polar surface area (TPSA) is 114 Å². The fourth-order valence-electron chi connectivity index (χ4n) is 4.37. The summed E-state index contributed by atoms with van der Waals surface area (Å²) in [6, 6.07) is 16.5. The van der Waals surface area contributed by atoms with Gasteiger partial charge in [-0.05, 0) is 75.2 Å². The third-order valence-electron chi connectivity index (χ3n) is 7.12. The highest BCUT2D eigenvalue weighted by Gasteiger charge is 2.33. The molecule has 2 atom stereocenters. The third-order valence-corrected chi connectivity index (χ3v) is 9.26. The van der Waals surface area contributed by atoms with E-state index in [0.29, 0.717) is 35.1 Å². The Morgan fingerprint density at radius 2 is 1.59 bits per heavy atom. The van der Waals surface area contributed by atoms with E-state index in [1.165, 1.54) is 37.3 Å². The molecule has 0 aliphatic rings. The standard InChI is InChI=1S/C32H40ClN3O7S/c1-7-22(3)34-32(38)23(4)35(20-24-11-9-10-12-28(24)33)31(37)21-36(25-13-15-26(16-14-25)43-8-2)44(39,40)27-17-18-29(41-5)30(19-27)42-6/h9-19,22-23H,7-8,20-21H2,1-6H3,(H,34,38). The molecule has 0 saturated heterocycles. The quantitative estimate of drug-likeness (QED) is 0.239. The predicted molar refractivity (Wildman–Crippen MR) is 171 cm³/mol. The van der Waals surface area contributed by atoms with E-state index in [-0.39, 0.29) is 34.8 Å². The fraction of sp³-hybridized carbons (Fsp3) is 0.375. The molecule has 1 N–H and O–H groups in total. The van der Waals surface area contributed by atoms with E-state index in [9.17, 15) is 18.0 Å². The SMILES string of the molecule is CCOc1ccc(N(CC(=O)N(Cc2ccccc2Cl)C(C)C(=O)NC(C)CC)S(=O)(=O)c2ccc(OC)c(OC)c2)cc1. The summed E-state index contributed by atoms with van der Waals surface area (Å²) < 4.78 is 45.5. The number of benzene rings is 3. The molecule has 0 fully saturated rings. The first-order valence-electron chi connectivity index (χ1n) is 14.3. The van der Waals surface area contributed by atoms with Crippen molar-refractivity contribution in [1.29, 1.82) is 0 Å². The smallest absolute Gasteiger partial charge is 0.264 e. The number of methoxy groups -OCH3 is 2. The maximum Gasteiger partial charge on any atom is 0.264 e. The van der Waals surface area contributed by atoms with Crippen LogP contribution in [0.25, 0.3) is 0 Å². The van der Waals surface area contributed by atoms with Crippen molar-refractivity contribution >= 4 is 39.1 Å². The van der Waals surface area contributed by atoms with Crippen molar-refractivity contribution in [3.63, 3.8) is 0 Å². The van der Waals surface area contributed by atoms with Crippen molar-refractivity contribution in [3.8, 4) is 17.2 Å². The Bertz CT molecular complexity index is 1530. The Hall–Kier alpha value is -3.96. The van der Waals surface area contributed by atoms with Crippen LogP contribution in [0.15, 0.2) is 71.6 Å². The number of anilines is 1. The summed E-state index contributed by atoms with van der Waals surface area (Å²) in [5, 5.41) is 3.33. The molecule has 0 spiro atoms. The molecular formula is C32H40ClN3O7S. The highest BCUT2D eigenvalue weighted by molar-refractivity contribution is 7.92. The van der Waals surface area contributed by atoms with E-state index < -0.39 is 28.5 Å². The number of halogens is 1. The molecule has 2 unspecified atom stereocenters. The first-order valence-corrected chi connectivity index (χ1v) is 16.1. The van der Waals surface area contributed by atoms with Crippen LogP contribution in [0.5, 0.6) is 17.2 Å². The number of amides is 2. The molecule has 0 aliphatic carbocycles. The van der Waals surface area contributed by atoms with Crippen LogP contribution in [0.1, 0.15) is 39.7 Å². The fourth-order valence-corrected chi connectivity index (χ4v) is 5.99. The number of sulfonamides is 1. The van der Waals surface area contributed by atoms with Crippen LogP contribution < -0.4 is 23.8 Å². The van der Waals surface area contributed by atoms with E-state index >= 15 is 0 Å². The Labute approximate surface area is 264 Å². The van der Waals surface area contributed by atoms with Gasteiger partial charge in [0, 0.05) is 23.7 Å². The second-order valence-corrected chi connectivity index (χ2v) is 12.3. The molecule has 238 valence electrons. The second kappa shape index (κ2) is 15.7. The number of rotatable bonds is 15. The number of hydrogen-bond donors (Lipinski definition) is 1. The molecule has 12 heteroatoms. The van der Waals surface area contributed by atoms with Gasteiger partial charge in [-0.25, -0.2) is 8.42 Å². The Morgan fingerprint density at radius 1 is 0.932 bits per heavy atom. The van der Waals surface area contributed by atoms with E-state index in [0.717, 1.165) is 4.31 Å². The maximum absolute atomic E-state index is 14.2. The Balaban J connectivity index is 2.09. The van der Waals surface area contributed by atoms with Crippen LogP contribution in [-0.4, -0.2) is 64.6 Å². The van der Waals surface area contributed by atoms with E-state index in [2.05, 4.69) is 5.32 Å². The average Bonchev–Trinajstić information content (AvgIpc) is 3.02. The van der Waals surface area contributed by atoms with E-state index in [4.69, 9.17) is 25.8 Å². The van der Waals surface area contributed by atoms with Gasteiger partial charge in [0.05, 0.1) is 31.4 Å². The van der Waals surface area contributed by atoms with Gasteiger partial charge in [-0.15, -0.1) is 0 Å². The highest BCUT2D eigenvalue weighted by atomic mass is 35.5. The molecule has 0 aliphatic heterocycles. The van der Waals surface area contributed by atoms with Crippen LogP contribution >= 0.6 is 11.6 Å². The van der Waals surface area contributed by atoms with Gasteiger partial charge < -0.3 is 24.4 Å². The second-order valence-electron chi connectivity index (χ2n) is 10.1. The normalized spacial score (nSPS) is 12.5. The lowest BCUT2D eigenvalue weighted by Gasteiger charge is -2.32. The lowest BCUT2D eigenvalue weighted by Crippen LogP contribution is -2.52. The summed E-state index contributed by atoms with van der Waals surface area (Å²) >= 11 is 6.43. The molecule has 3 rings (SSSR count). The van der Waals surface area contributed by atoms with Gasteiger partial charge in [-0.3, -0.25) is 13.9 Å². The molecule has 3 aromatic rings. The van der Waals surface area contributed by atoms with Crippen LogP contribution in [0.4, 0.5) is 5.69 Å². The summed E-state index contributed by atoms with van der Waals surface area (Å²) in [6.45, 7) is 7.07. The first kappa shape index (κ1) is 34.5. The van der Waals surface area contributed by atoms with Gasteiger partial charge in [-0.1, -0.05) is 36.7 Å². The van der Waals surface area contributed by atoms with Crippen LogP contribution in [-0.2, 0) is 26.2 Å².